The molecule has 14 nitrogen and oxygen atoms in total. The van der Waals surface area contributed by atoms with Gasteiger partial charge >= 0.3 is 12.2 Å². The SMILES string of the molecule is C=C1C[C@@H](c2ncc(-c3ccc(-c4ccc5cc(-c6cnc([C@@H]7CCCN7C(=O)[C@@H](NC(=O)OC)C(C)C)[nH]6)ccc5c4)cc3)[nH]2)N(C(=O)[C@H](NC(=O)OC)C2=CC=CCC2)C1. The van der Waals surface area contributed by atoms with E-state index in [1.165, 1.54) is 14.2 Å². The van der Waals surface area contributed by atoms with Crippen molar-refractivity contribution >= 4 is 34.8 Å². The summed E-state index contributed by atoms with van der Waals surface area (Å²) in [5.41, 5.74) is 7.52. The average molecular weight is 837 g/mol. The lowest BCUT2D eigenvalue weighted by Crippen LogP contribution is -2.51. The molecular weight excluding hydrogens is 785 g/mol. The molecule has 4 N–H and O–H groups in total. The van der Waals surface area contributed by atoms with Crippen LogP contribution in [0.25, 0.3) is 44.4 Å². The Hall–Kier alpha value is -6.96. The number of nitrogens with zero attached hydrogens (tertiary/aromatic N) is 4. The Bertz CT molecular complexity index is 2570. The monoisotopic (exact) mass is 836 g/mol. The molecule has 0 radical (unpaired) electrons. The quantitative estimate of drug-likeness (QED) is 0.0965. The third kappa shape index (κ3) is 8.63. The number of methoxy groups -OCH3 is 2. The molecule has 320 valence electrons. The van der Waals surface area contributed by atoms with Crippen molar-refractivity contribution in [2.45, 2.75) is 70.1 Å². The number of carbonyl (C=O) groups is 4. The van der Waals surface area contributed by atoms with Crippen LogP contribution in [0.2, 0.25) is 0 Å². The summed E-state index contributed by atoms with van der Waals surface area (Å²) in [5.74, 6) is 0.909. The summed E-state index contributed by atoms with van der Waals surface area (Å²) in [6.45, 7) is 8.96. The van der Waals surface area contributed by atoms with E-state index in [2.05, 4.69) is 87.8 Å². The highest BCUT2D eigenvalue weighted by atomic mass is 16.5. The summed E-state index contributed by atoms with van der Waals surface area (Å²) in [4.78, 5) is 71.9. The van der Waals surface area contributed by atoms with Gasteiger partial charge in [-0.1, -0.05) is 92.8 Å². The summed E-state index contributed by atoms with van der Waals surface area (Å²) in [5, 5.41) is 7.63. The zero-order chi connectivity index (χ0) is 43.5. The van der Waals surface area contributed by atoms with Crippen LogP contribution in [0.4, 0.5) is 9.59 Å². The molecule has 1 aliphatic carbocycles. The number of aromatic amines is 2. The first kappa shape index (κ1) is 41.8. The molecule has 62 heavy (non-hydrogen) atoms. The molecule has 2 aromatic heterocycles. The van der Waals surface area contributed by atoms with Gasteiger partial charge in [-0.05, 0) is 83.2 Å². The second kappa shape index (κ2) is 17.9. The number of rotatable bonds is 11. The fraction of sp³-hybridized carbons (Fsp3) is 0.333. The molecule has 14 heteroatoms. The van der Waals surface area contributed by atoms with Crippen LogP contribution in [0.1, 0.15) is 69.7 Å². The zero-order valence-electron chi connectivity index (χ0n) is 35.4. The Morgan fingerprint density at radius 2 is 1.39 bits per heavy atom. The van der Waals surface area contributed by atoms with Gasteiger partial charge in [-0.2, -0.15) is 0 Å². The molecule has 3 aromatic carbocycles. The van der Waals surface area contributed by atoms with E-state index in [0.29, 0.717) is 31.8 Å². The van der Waals surface area contributed by atoms with Crippen LogP contribution < -0.4 is 10.6 Å². The molecule has 2 saturated heterocycles. The Balaban J connectivity index is 0.949. The minimum absolute atomic E-state index is 0.110. The number of aromatic nitrogens is 4. The molecule has 0 unspecified atom stereocenters. The molecule has 3 aliphatic rings. The van der Waals surface area contributed by atoms with Crippen molar-refractivity contribution < 1.29 is 28.7 Å². The van der Waals surface area contributed by atoms with E-state index in [4.69, 9.17) is 19.4 Å². The maximum atomic E-state index is 14.1. The molecule has 4 atom stereocenters. The predicted molar refractivity (Wildman–Crippen MR) is 236 cm³/mol. The number of amides is 4. The molecule has 0 bridgehead atoms. The number of likely N-dealkylation sites (tertiary alicyclic amines) is 2. The van der Waals surface area contributed by atoms with Crippen molar-refractivity contribution in [1.29, 1.82) is 0 Å². The third-order valence-electron chi connectivity index (χ3n) is 12.1. The highest BCUT2D eigenvalue weighted by molar-refractivity contribution is 5.91. The molecule has 8 rings (SSSR count). The number of fused-ring (bicyclic) bond motifs is 1. The average Bonchev–Trinajstić information content (AvgIpc) is 4.14. The van der Waals surface area contributed by atoms with E-state index in [0.717, 1.165) is 80.6 Å². The first-order chi connectivity index (χ1) is 30.0. The van der Waals surface area contributed by atoms with Crippen LogP contribution in [-0.4, -0.2) is 93.1 Å². The Morgan fingerprint density at radius 1 is 0.774 bits per heavy atom. The minimum Gasteiger partial charge on any atom is -0.453 e. The predicted octanol–water partition coefficient (Wildman–Crippen LogP) is 8.16. The Kier molecular flexibility index (Phi) is 12.1. The molecule has 2 aliphatic heterocycles. The maximum absolute atomic E-state index is 14.1. The lowest BCUT2D eigenvalue weighted by molar-refractivity contribution is -0.135. The van der Waals surface area contributed by atoms with Crippen LogP contribution >= 0.6 is 0 Å². The van der Waals surface area contributed by atoms with Gasteiger partial charge in [0.1, 0.15) is 23.7 Å². The van der Waals surface area contributed by atoms with Crippen molar-refractivity contribution in [2.24, 2.45) is 5.92 Å². The largest absolute Gasteiger partial charge is 0.453 e. The zero-order valence-corrected chi connectivity index (χ0v) is 35.4. The van der Waals surface area contributed by atoms with Gasteiger partial charge in [0.05, 0.1) is 50.1 Å². The molecule has 0 spiro atoms. The van der Waals surface area contributed by atoms with Gasteiger partial charge < -0.3 is 39.9 Å². The van der Waals surface area contributed by atoms with Crippen LogP contribution in [-0.2, 0) is 19.1 Å². The highest BCUT2D eigenvalue weighted by Gasteiger charge is 2.40. The van der Waals surface area contributed by atoms with E-state index in [1.807, 2.05) is 43.2 Å². The molecule has 4 heterocycles. The molecule has 4 amide bonds. The maximum Gasteiger partial charge on any atom is 0.407 e. The number of hydrogen-bond donors (Lipinski definition) is 4. The van der Waals surface area contributed by atoms with Crippen LogP contribution in [0.3, 0.4) is 0 Å². The molecule has 5 aromatic rings. The number of H-pyrrole nitrogens is 2. The smallest absolute Gasteiger partial charge is 0.407 e. The van der Waals surface area contributed by atoms with Crippen LogP contribution in [0.5, 0.6) is 0 Å². The number of ether oxygens (including phenoxy) is 2. The van der Waals surface area contributed by atoms with E-state index >= 15 is 0 Å². The van der Waals surface area contributed by atoms with Crippen molar-refractivity contribution in [3.63, 3.8) is 0 Å². The van der Waals surface area contributed by atoms with Gasteiger partial charge in [0.25, 0.3) is 5.91 Å². The lowest BCUT2D eigenvalue weighted by Gasteiger charge is -2.30. The molecule has 0 saturated carbocycles. The van der Waals surface area contributed by atoms with Gasteiger partial charge in [0, 0.05) is 18.7 Å². The van der Waals surface area contributed by atoms with Gasteiger partial charge in [0.2, 0.25) is 5.91 Å². The second-order valence-corrected chi connectivity index (χ2v) is 16.5. The summed E-state index contributed by atoms with van der Waals surface area (Å²) < 4.78 is 9.63. The van der Waals surface area contributed by atoms with E-state index < -0.39 is 24.3 Å². The fourth-order valence-electron chi connectivity index (χ4n) is 8.73. The summed E-state index contributed by atoms with van der Waals surface area (Å²) in [6, 6.07) is 18.9. The van der Waals surface area contributed by atoms with Crippen molar-refractivity contribution in [3.05, 3.63) is 121 Å². The van der Waals surface area contributed by atoms with Crippen LogP contribution in [0, 0.1) is 5.92 Å². The number of allylic oxidation sites excluding steroid dienone is 3. The first-order valence-electron chi connectivity index (χ1n) is 21.1. The molecular formula is C48H52N8O6. The number of hydrogen-bond acceptors (Lipinski definition) is 8. The Morgan fingerprint density at radius 3 is 2.05 bits per heavy atom. The Labute approximate surface area is 360 Å². The number of nitrogens with one attached hydrogen (secondary N) is 4. The summed E-state index contributed by atoms with van der Waals surface area (Å²) in [6.07, 6.45) is 11.8. The number of imidazole rings is 2. The van der Waals surface area contributed by atoms with Gasteiger partial charge in [0.15, 0.2) is 0 Å². The van der Waals surface area contributed by atoms with E-state index in [-0.39, 0.29) is 29.8 Å². The summed E-state index contributed by atoms with van der Waals surface area (Å²) >= 11 is 0. The van der Waals surface area contributed by atoms with Gasteiger partial charge in [-0.25, -0.2) is 19.6 Å². The lowest BCUT2D eigenvalue weighted by atomic mass is 9.96. The van der Waals surface area contributed by atoms with Gasteiger partial charge in [-0.15, -0.1) is 0 Å². The summed E-state index contributed by atoms with van der Waals surface area (Å²) in [7, 11) is 2.58. The standard InChI is InChI=1S/C48H52N8O6/c1-28(2)41(53-47(59)61-4)45(57)55-21-9-12-39(55)43-49-26-38(52-43)36-20-19-34-23-33(17-18-35(34)24-36)30-13-15-31(16-14-30)37-25-50-44(51-37)40-22-29(3)27-56(40)46(58)42(54-48(60)62-5)32-10-7-6-8-11-32/h6-7,10,13-20,23-26,28,39-42H,3,8-9,11-12,21-22,27H2,1-2,4-5H3,(H,49,52)(H,50,51)(H,53,59)(H,54,60)/t39-,40-,41-,42+/m0/s1. The first-order valence-corrected chi connectivity index (χ1v) is 21.1. The van der Waals surface area contributed by atoms with Crippen LogP contribution in [0.15, 0.2) is 109 Å². The second-order valence-electron chi connectivity index (χ2n) is 16.5. The fourth-order valence-corrected chi connectivity index (χ4v) is 8.73. The van der Waals surface area contributed by atoms with Crippen molar-refractivity contribution in [3.8, 4) is 33.6 Å². The van der Waals surface area contributed by atoms with E-state index in [1.54, 1.807) is 11.1 Å². The number of carbonyl (C=O) groups excluding carboxylic acids is 4. The van der Waals surface area contributed by atoms with E-state index in [9.17, 15) is 19.2 Å². The normalized spacial score (nSPS) is 18.5. The van der Waals surface area contributed by atoms with Crippen molar-refractivity contribution in [2.75, 3.05) is 27.3 Å². The number of alkyl carbamates (subject to hydrolysis) is 2. The topological polar surface area (TPSA) is 175 Å². The highest BCUT2D eigenvalue weighted by Crippen LogP contribution is 2.37. The number of benzene rings is 3. The third-order valence-corrected chi connectivity index (χ3v) is 12.1. The molecule has 2 fully saturated rings. The van der Waals surface area contributed by atoms with Gasteiger partial charge in [-0.3, -0.25) is 9.59 Å². The minimum atomic E-state index is -0.846. The van der Waals surface area contributed by atoms with Crippen molar-refractivity contribution in [1.82, 2.24) is 40.4 Å².